The molecule has 1 saturated carbocycles. The lowest BCUT2D eigenvalue weighted by Crippen LogP contribution is -2.05. The Morgan fingerprint density at radius 2 is 1.86 bits per heavy atom. The molecule has 1 atom stereocenters. The van der Waals surface area contributed by atoms with Gasteiger partial charge in [0, 0.05) is 35.3 Å². The minimum Gasteiger partial charge on any atom is -0.497 e. The molecule has 0 aliphatic heterocycles. The summed E-state index contributed by atoms with van der Waals surface area (Å²) in [5.41, 5.74) is 3.92. The third-order valence-electron chi connectivity index (χ3n) is 4.07. The van der Waals surface area contributed by atoms with Gasteiger partial charge in [-0.25, -0.2) is 4.21 Å². The summed E-state index contributed by atoms with van der Waals surface area (Å²) >= 11 is 0. The third-order valence-corrected chi connectivity index (χ3v) is 5.06. The number of ether oxygens (including phenoxy) is 1. The van der Waals surface area contributed by atoms with Crippen molar-refractivity contribution in [3.05, 3.63) is 53.6 Å². The molecule has 29 heavy (non-hydrogen) atoms. The molecule has 154 valence electrons. The molecule has 1 fully saturated rings. The minimum absolute atomic E-state index is 0.547. The van der Waals surface area contributed by atoms with Crippen LogP contribution in [0.4, 0.5) is 11.4 Å². The van der Waals surface area contributed by atoms with Gasteiger partial charge in [-0.05, 0) is 42.8 Å². The van der Waals surface area contributed by atoms with Gasteiger partial charge in [0.1, 0.15) is 16.7 Å². The van der Waals surface area contributed by atoms with E-state index in [1.807, 2.05) is 62.4 Å². The Balaban J connectivity index is 0.000000912. The maximum atomic E-state index is 11.6. The highest BCUT2D eigenvalue weighted by molar-refractivity contribution is 7.86. The van der Waals surface area contributed by atoms with Crippen LogP contribution < -0.4 is 14.8 Å². The molecule has 2 N–H and O–H groups in total. The molecular weight excluding hydrogens is 382 g/mol. The fourth-order valence-corrected chi connectivity index (χ4v) is 2.95. The second kappa shape index (κ2) is 11.9. The van der Waals surface area contributed by atoms with Gasteiger partial charge in [-0.3, -0.25) is 0 Å². The number of allylic oxidation sites excluding steroid dienone is 1. The zero-order valence-corrected chi connectivity index (χ0v) is 18.1. The van der Waals surface area contributed by atoms with Crippen molar-refractivity contribution >= 4 is 34.0 Å². The molecule has 1 aliphatic carbocycles. The molecule has 0 amide bonds. The van der Waals surface area contributed by atoms with E-state index in [9.17, 15) is 9.47 Å². The summed E-state index contributed by atoms with van der Waals surface area (Å²) in [5, 5.41) is 12.9. The van der Waals surface area contributed by atoms with E-state index in [0.717, 1.165) is 34.8 Å². The SMILES string of the molecule is C1CC1.CCNc1cc(OC)ccc1/C(C#N)=C/c1ccc(NS(=O)CC)cc1. The lowest BCUT2D eigenvalue weighted by Gasteiger charge is -2.12. The number of benzene rings is 2. The van der Waals surface area contributed by atoms with E-state index < -0.39 is 11.0 Å². The molecule has 6 heteroatoms. The molecule has 0 heterocycles. The second-order valence-electron chi connectivity index (χ2n) is 6.53. The van der Waals surface area contributed by atoms with E-state index in [4.69, 9.17) is 4.74 Å². The standard InChI is InChI=1S/C20H23N3O2S.C3H6/c1-4-22-20-13-18(25-3)10-11-19(20)16(14-21)12-15-6-8-17(9-7-15)23-26(24)5-2;1-2-3-1/h6-13,22-23H,4-5H2,1-3H3;1-3H2/b16-12+;. The number of hydrogen-bond acceptors (Lipinski definition) is 4. The molecule has 0 bridgehead atoms. The van der Waals surface area contributed by atoms with E-state index >= 15 is 0 Å². The van der Waals surface area contributed by atoms with Crippen molar-refractivity contribution in [1.82, 2.24) is 0 Å². The average molecular weight is 412 g/mol. The second-order valence-corrected chi connectivity index (χ2v) is 8.00. The number of nitrogens with zero attached hydrogens (tertiary/aromatic N) is 1. The highest BCUT2D eigenvalue weighted by Crippen LogP contribution is 2.29. The first-order chi connectivity index (χ1) is 14.1. The van der Waals surface area contributed by atoms with Crippen molar-refractivity contribution in [2.24, 2.45) is 0 Å². The third kappa shape index (κ3) is 7.63. The van der Waals surface area contributed by atoms with Gasteiger partial charge in [-0.15, -0.1) is 0 Å². The Hall–Kier alpha value is -2.78. The topological polar surface area (TPSA) is 74.2 Å². The first kappa shape index (κ1) is 22.5. The van der Waals surface area contributed by atoms with Crippen LogP contribution in [0.1, 0.15) is 44.2 Å². The van der Waals surface area contributed by atoms with Crippen LogP contribution in [0.25, 0.3) is 11.6 Å². The van der Waals surface area contributed by atoms with Crippen LogP contribution in [0.15, 0.2) is 42.5 Å². The van der Waals surface area contributed by atoms with Crippen LogP contribution >= 0.6 is 0 Å². The molecule has 2 aromatic rings. The number of nitriles is 1. The Bertz CT molecular complexity index is 881. The highest BCUT2D eigenvalue weighted by atomic mass is 32.2. The average Bonchev–Trinajstić information content (AvgIpc) is 3.63. The first-order valence-electron chi connectivity index (χ1n) is 9.90. The number of rotatable bonds is 8. The maximum absolute atomic E-state index is 11.6. The summed E-state index contributed by atoms with van der Waals surface area (Å²) in [6.45, 7) is 4.61. The van der Waals surface area contributed by atoms with E-state index in [-0.39, 0.29) is 0 Å². The highest BCUT2D eigenvalue weighted by Gasteiger charge is 2.09. The van der Waals surface area contributed by atoms with Gasteiger partial charge in [0.15, 0.2) is 0 Å². The number of hydrogen-bond donors (Lipinski definition) is 2. The zero-order chi connectivity index (χ0) is 21.1. The van der Waals surface area contributed by atoms with Crippen molar-refractivity contribution < 1.29 is 8.95 Å². The van der Waals surface area contributed by atoms with Gasteiger partial charge >= 0.3 is 0 Å². The van der Waals surface area contributed by atoms with Crippen LogP contribution in [-0.2, 0) is 11.0 Å². The van der Waals surface area contributed by atoms with Crippen molar-refractivity contribution in [2.45, 2.75) is 33.1 Å². The molecule has 1 unspecified atom stereocenters. The van der Waals surface area contributed by atoms with Gasteiger partial charge in [0.25, 0.3) is 0 Å². The summed E-state index contributed by atoms with van der Waals surface area (Å²) in [6, 6.07) is 15.4. The summed E-state index contributed by atoms with van der Waals surface area (Å²) in [6.07, 6.45) is 6.34. The van der Waals surface area contributed by atoms with Crippen molar-refractivity contribution in [3.8, 4) is 11.8 Å². The minimum atomic E-state index is -1.07. The largest absolute Gasteiger partial charge is 0.497 e. The van der Waals surface area contributed by atoms with Gasteiger partial charge < -0.3 is 14.8 Å². The van der Waals surface area contributed by atoms with Crippen molar-refractivity contribution in [3.63, 3.8) is 0 Å². The quantitative estimate of drug-likeness (QED) is 0.447. The number of anilines is 2. The van der Waals surface area contributed by atoms with Crippen molar-refractivity contribution in [1.29, 1.82) is 5.26 Å². The summed E-state index contributed by atoms with van der Waals surface area (Å²) in [5.74, 6) is 1.28. The van der Waals surface area contributed by atoms with E-state index in [0.29, 0.717) is 11.3 Å². The predicted octanol–water partition coefficient (Wildman–Crippen LogP) is 5.46. The smallest absolute Gasteiger partial charge is 0.120 e. The summed E-state index contributed by atoms with van der Waals surface area (Å²) in [7, 11) is 0.545. The number of nitrogens with one attached hydrogen (secondary N) is 2. The van der Waals surface area contributed by atoms with Crippen LogP contribution in [0.3, 0.4) is 0 Å². The molecule has 0 aromatic heterocycles. The Kier molecular flexibility index (Phi) is 9.26. The zero-order valence-electron chi connectivity index (χ0n) is 17.3. The fraction of sp³-hybridized carbons (Fsp3) is 0.348. The molecular formula is C23H29N3O2S. The molecule has 0 saturated heterocycles. The molecule has 2 aromatic carbocycles. The lowest BCUT2D eigenvalue weighted by molar-refractivity contribution is 0.415. The van der Waals surface area contributed by atoms with Crippen LogP contribution in [0.2, 0.25) is 0 Å². The predicted molar refractivity (Wildman–Crippen MR) is 123 cm³/mol. The van der Waals surface area contributed by atoms with Crippen LogP contribution in [0.5, 0.6) is 5.75 Å². The van der Waals surface area contributed by atoms with Gasteiger partial charge in [0.2, 0.25) is 0 Å². The maximum Gasteiger partial charge on any atom is 0.120 e. The molecule has 5 nitrogen and oxygen atoms in total. The Morgan fingerprint density at radius 3 is 2.38 bits per heavy atom. The Morgan fingerprint density at radius 1 is 1.17 bits per heavy atom. The van der Waals surface area contributed by atoms with E-state index in [1.165, 1.54) is 19.3 Å². The van der Waals surface area contributed by atoms with Crippen LogP contribution in [0, 0.1) is 11.3 Å². The molecule has 3 rings (SSSR count). The van der Waals surface area contributed by atoms with Crippen LogP contribution in [-0.4, -0.2) is 23.6 Å². The van der Waals surface area contributed by atoms with E-state index in [2.05, 4.69) is 16.1 Å². The molecule has 1 aliphatic rings. The summed E-state index contributed by atoms with van der Waals surface area (Å²) in [4.78, 5) is 0. The summed E-state index contributed by atoms with van der Waals surface area (Å²) < 4.78 is 19.7. The van der Waals surface area contributed by atoms with Gasteiger partial charge in [-0.2, -0.15) is 5.26 Å². The Labute approximate surface area is 176 Å². The monoisotopic (exact) mass is 411 g/mol. The van der Waals surface area contributed by atoms with Gasteiger partial charge in [0.05, 0.1) is 18.8 Å². The van der Waals surface area contributed by atoms with Gasteiger partial charge in [-0.1, -0.05) is 38.3 Å². The lowest BCUT2D eigenvalue weighted by atomic mass is 10.0. The fourth-order valence-electron chi connectivity index (χ4n) is 2.41. The normalized spacial score (nSPS) is 13.4. The van der Waals surface area contributed by atoms with E-state index in [1.54, 1.807) is 7.11 Å². The molecule has 0 radical (unpaired) electrons. The van der Waals surface area contributed by atoms with Crippen molar-refractivity contribution in [2.75, 3.05) is 29.4 Å². The first-order valence-corrected chi connectivity index (χ1v) is 11.2. The number of methoxy groups -OCH3 is 1. The molecule has 0 spiro atoms.